The van der Waals surface area contributed by atoms with Crippen LogP contribution in [-0.2, 0) is 14.3 Å². The van der Waals surface area contributed by atoms with Crippen LogP contribution in [-0.4, -0.2) is 74.6 Å². The van der Waals surface area contributed by atoms with Gasteiger partial charge in [-0.15, -0.1) is 0 Å². The molecule has 6 nitrogen and oxygen atoms in total. The van der Waals surface area contributed by atoms with E-state index in [0.717, 1.165) is 45.4 Å². The highest BCUT2D eigenvalue weighted by atomic mass is 16.5. The Labute approximate surface area is 126 Å². The molecule has 0 saturated carbocycles. The number of ether oxygens (including phenoxy) is 1. The molecule has 2 fully saturated rings. The molecule has 2 aliphatic rings. The summed E-state index contributed by atoms with van der Waals surface area (Å²) in [5, 5.41) is 3.31. The fraction of sp³-hybridized carbons (Fsp3) is 0.867. The number of hydrogen-bond acceptors (Lipinski definition) is 4. The topological polar surface area (TPSA) is 61.9 Å². The zero-order chi connectivity index (χ0) is 15.3. The third-order valence-electron chi connectivity index (χ3n) is 4.66. The van der Waals surface area contributed by atoms with Gasteiger partial charge in [0, 0.05) is 40.2 Å². The van der Waals surface area contributed by atoms with E-state index in [1.165, 1.54) is 0 Å². The molecule has 0 aromatic heterocycles. The maximum absolute atomic E-state index is 13.0. The van der Waals surface area contributed by atoms with Crippen molar-refractivity contribution in [3.8, 4) is 0 Å². The second kappa shape index (κ2) is 7.22. The molecule has 0 aliphatic carbocycles. The largest absolute Gasteiger partial charge is 0.384 e. The van der Waals surface area contributed by atoms with Crippen LogP contribution in [0, 0.1) is 5.41 Å². The summed E-state index contributed by atoms with van der Waals surface area (Å²) in [7, 11) is 1.66. The van der Waals surface area contributed by atoms with Crippen molar-refractivity contribution in [2.75, 3.05) is 53.0 Å². The summed E-state index contributed by atoms with van der Waals surface area (Å²) in [4.78, 5) is 28.3. The number of methoxy groups -OCH3 is 1. The number of hydrogen-bond donors (Lipinski definition) is 1. The lowest BCUT2D eigenvalue weighted by Gasteiger charge is -2.39. The highest BCUT2D eigenvalue weighted by Gasteiger charge is 2.42. The van der Waals surface area contributed by atoms with E-state index in [1.54, 1.807) is 14.0 Å². The van der Waals surface area contributed by atoms with Crippen molar-refractivity contribution in [3.63, 3.8) is 0 Å². The molecule has 0 unspecified atom stereocenters. The van der Waals surface area contributed by atoms with E-state index in [1.807, 2.05) is 9.80 Å². The average molecular weight is 297 g/mol. The van der Waals surface area contributed by atoms with Gasteiger partial charge in [-0.2, -0.15) is 0 Å². The third-order valence-corrected chi connectivity index (χ3v) is 4.66. The van der Waals surface area contributed by atoms with Gasteiger partial charge in [-0.05, 0) is 32.4 Å². The summed E-state index contributed by atoms with van der Waals surface area (Å²) in [5.41, 5.74) is -0.384. The zero-order valence-electron chi connectivity index (χ0n) is 13.2. The van der Waals surface area contributed by atoms with Crippen molar-refractivity contribution in [1.82, 2.24) is 15.1 Å². The van der Waals surface area contributed by atoms with Gasteiger partial charge in [-0.25, -0.2) is 0 Å². The first-order chi connectivity index (χ1) is 10.1. The van der Waals surface area contributed by atoms with Crippen LogP contribution in [0.15, 0.2) is 0 Å². The van der Waals surface area contributed by atoms with Gasteiger partial charge in [0.1, 0.15) is 0 Å². The Bertz CT molecular complexity index is 375. The minimum atomic E-state index is -0.384. The maximum Gasteiger partial charge on any atom is 0.231 e. The number of nitrogens with one attached hydrogen (secondary N) is 1. The monoisotopic (exact) mass is 297 g/mol. The number of piperidine rings is 1. The van der Waals surface area contributed by atoms with Crippen LogP contribution >= 0.6 is 0 Å². The lowest BCUT2D eigenvalue weighted by Crippen LogP contribution is -2.52. The highest BCUT2D eigenvalue weighted by molar-refractivity contribution is 5.83. The van der Waals surface area contributed by atoms with E-state index in [2.05, 4.69) is 5.32 Å². The Morgan fingerprint density at radius 1 is 1.10 bits per heavy atom. The van der Waals surface area contributed by atoms with Crippen molar-refractivity contribution in [2.24, 2.45) is 5.41 Å². The molecule has 2 rings (SSSR count). The van der Waals surface area contributed by atoms with Gasteiger partial charge in [-0.3, -0.25) is 9.59 Å². The van der Waals surface area contributed by atoms with Crippen LogP contribution < -0.4 is 5.32 Å². The van der Waals surface area contributed by atoms with Gasteiger partial charge in [0.25, 0.3) is 0 Å². The van der Waals surface area contributed by atoms with Crippen LogP contribution in [0.2, 0.25) is 0 Å². The second-order valence-corrected chi connectivity index (χ2v) is 6.12. The molecule has 2 saturated heterocycles. The van der Waals surface area contributed by atoms with Crippen molar-refractivity contribution in [1.29, 1.82) is 0 Å². The predicted molar refractivity (Wildman–Crippen MR) is 79.9 cm³/mol. The highest BCUT2D eigenvalue weighted by Crippen LogP contribution is 2.32. The second-order valence-electron chi connectivity index (χ2n) is 6.12. The Hall–Kier alpha value is -1.14. The predicted octanol–water partition coefficient (Wildman–Crippen LogP) is 0.0834. The zero-order valence-corrected chi connectivity index (χ0v) is 13.2. The molecule has 21 heavy (non-hydrogen) atoms. The SMILES string of the molecule is COCC1(C(=O)N2CCCN(C(C)=O)CC2)CCNCC1. The molecular weight excluding hydrogens is 270 g/mol. The van der Waals surface area contributed by atoms with E-state index in [4.69, 9.17) is 4.74 Å². The van der Waals surface area contributed by atoms with Crippen molar-refractivity contribution >= 4 is 11.8 Å². The molecular formula is C15H27N3O3. The summed E-state index contributed by atoms with van der Waals surface area (Å²) >= 11 is 0. The number of amides is 2. The lowest BCUT2D eigenvalue weighted by molar-refractivity contribution is -0.147. The molecule has 0 radical (unpaired) electrons. The quantitative estimate of drug-likeness (QED) is 0.801. The number of rotatable bonds is 3. The van der Waals surface area contributed by atoms with E-state index in [9.17, 15) is 9.59 Å². The van der Waals surface area contributed by atoms with Crippen molar-refractivity contribution in [3.05, 3.63) is 0 Å². The molecule has 0 aromatic rings. The molecule has 2 aliphatic heterocycles. The summed E-state index contributed by atoms with van der Waals surface area (Å²) < 4.78 is 5.35. The van der Waals surface area contributed by atoms with E-state index in [-0.39, 0.29) is 17.2 Å². The molecule has 0 aromatic carbocycles. The first kappa shape index (κ1) is 16.2. The Kier molecular flexibility index (Phi) is 5.58. The average Bonchev–Trinajstić information content (AvgIpc) is 2.73. The standard InChI is InChI=1S/C15H27N3O3/c1-13(19)17-8-3-9-18(11-10-17)14(20)15(12-21-2)4-6-16-7-5-15/h16H,3-12H2,1-2H3. The Balaban J connectivity index is 2.04. The fourth-order valence-corrected chi connectivity index (χ4v) is 3.37. The summed E-state index contributed by atoms with van der Waals surface area (Å²) in [6.45, 7) is 6.57. The molecule has 1 N–H and O–H groups in total. The maximum atomic E-state index is 13.0. The number of nitrogens with zero attached hydrogens (tertiary/aromatic N) is 2. The third kappa shape index (κ3) is 3.74. The number of carbonyl (C=O) groups is 2. The Morgan fingerprint density at radius 3 is 2.33 bits per heavy atom. The van der Waals surface area contributed by atoms with Crippen LogP contribution in [0.4, 0.5) is 0 Å². The summed E-state index contributed by atoms with van der Waals surface area (Å²) in [5.74, 6) is 0.300. The molecule has 0 bridgehead atoms. The molecule has 6 heteroatoms. The minimum Gasteiger partial charge on any atom is -0.384 e. The molecule has 2 heterocycles. The van der Waals surface area contributed by atoms with E-state index >= 15 is 0 Å². The van der Waals surface area contributed by atoms with E-state index < -0.39 is 0 Å². The molecule has 0 spiro atoms. The van der Waals surface area contributed by atoms with Gasteiger partial charge in [0.2, 0.25) is 11.8 Å². The fourth-order valence-electron chi connectivity index (χ4n) is 3.37. The van der Waals surface area contributed by atoms with Crippen LogP contribution in [0.5, 0.6) is 0 Å². The van der Waals surface area contributed by atoms with E-state index in [0.29, 0.717) is 19.7 Å². The molecule has 2 amide bonds. The van der Waals surface area contributed by atoms with Gasteiger partial charge < -0.3 is 19.9 Å². The first-order valence-corrected chi connectivity index (χ1v) is 7.84. The summed E-state index contributed by atoms with van der Waals surface area (Å²) in [6.07, 6.45) is 2.51. The lowest BCUT2D eigenvalue weighted by atomic mass is 9.78. The van der Waals surface area contributed by atoms with Gasteiger partial charge in [0.05, 0.1) is 12.0 Å². The van der Waals surface area contributed by atoms with Crippen LogP contribution in [0.3, 0.4) is 0 Å². The van der Waals surface area contributed by atoms with Crippen molar-refractivity contribution in [2.45, 2.75) is 26.2 Å². The minimum absolute atomic E-state index is 0.0952. The number of carbonyl (C=O) groups excluding carboxylic acids is 2. The first-order valence-electron chi connectivity index (χ1n) is 7.84. The summed E-state index contributed by atoms with van der Waals surface area (Å²) in [6, 6.07) is 0. The van der Waals surface area contributed by atoms with Crippen LogP contribution in [0.25, 0.3) is 0 Å². The molecule has 0 atom stereocenters. The smallest absolute Gasteiger partial charge is 0.231 e. The van der Waals surface area contributed by atoms with Gasteiger partial charge in [-0.1, -0.05) is 0 Å². The normalized spacial score (nSPS) is 22.8. The van der Waals surface area contributed by atoms with Crippen molar-refractivity contribution < 1.29 is 14.3 Å². The Morgan fingerprint density at radius 2 is 1.71 bits per heavy atom. The van der Waals surface area contributed by atoms with Gasteiger partial charge in [0.15, 0.2) is 0 Å². The van der Waals surface area contributed by atoms with Crippen LogP contribution in [0.1, 0.15) is 26.2 Å². The molecule has 120 valence electrons. The van der Waals surface area contributed by atoms with Gasteiger partial charge >= 0.3 is 0 Å².